The molecule has 0 saturated carbocycles. The third-order valence-corrected chi connectivity index (χ3v) is 6.79. The summed E-state index contributed by atoms with van der Waals surface area (Å²) in [5.41, 5.74) is 2.25. The van der Waals surface area contributed by atoms with Crippen LogP contribution in [0, 0.1) is 0 Å². The summed E-state index contributed by atoms with van der Waals surface area (Å²) in [4.78, 5) is 0. The van der Waals surface area contributed by atoms with E-state index in [4.69, 9.17) is 9.05 Å². The van der Waals surface area contributed by atoms with Crippen molar-refractivity contribution in [2.45, 2.75) is 44.4 Å². The van der Waals surface area contributed by atoms with E-state index in [9.17, 15) is 4.57 Å². The van der Waals surface area contributed by atoms with Gasteiger partial charge in [-0.05, 0) is 17.5 Å². The highest BCUT2D eigenvalue weighted by molar-refractivity contribution is 7.54. The SMILES string of the molecule is CCCCC[C@@H](NC(c1ccccc1)c1ccccc1)P(=O)(OC)OC. The maximum atomic E-state index is 13.1. The molecule has 1 N–H and O–H groups in total. The fourth-order valence-electron chi connectivity index (χ4n) is 3.12. The van der Waals surface area contributed by atoms with E-state index in [1.807, 2.05) is 36.4 Å². The molecule has 0 aliphatic carbocycles. The lowest BCUT2D eigenvalue weighted by Gasteiger charge is -2.30. The van der Waals surface area contributed by atoms with Crippen LogP contribution < -0.4 is 5.32 Å². The Morgan fingerprint density at radius 2 is 1.38 bits per heavy atom. The van der Waals surface area contributed by atoms with Gasteiger partial charge in [-0.3, -0.25) is 9.88 Å². The van der Waals surface area contributed by atoms with Gasteiger partial charge >= 0.3 is 7.60 Å². The van der Waals surface area contributed by atoms with E-state index in [0.29, 0.717) is 0 Å². The molecule has 0 saturated heterocycles. The fraction of sp³-hybridized carbons (Fsp3) is 0.429. The largest absolute Gasteiger partial charge is 0.346 e. The summed E-state index contributed by atoms with van der Waals surface area (Å²) >= 11 is 0. The highest BCUT2D eigenvalue weighted by Gasteiger charge is 2.35. The number of hydrogen-bond donors (Lipinski definition) is 1. The van der Waals surface area contributed by atoms with Crippen LogP contribution >= 0.6 is 7.60 Å². The Morgan fingerprint density at radius 3 is 1.81 bits per heavy atom. The summed E-state index contributed by atoms with van der Waals surface area (Å²) in [5, 5.41) is 3.57. The second kappa shape index (κ2) is 10.6. The molecule has 0 amide bonds. The van der Waals surface area contributed by atoms with Gasteiger partial charge in [-0.25, -0.2) is 0 Å². The quantitative estimate of drug-likeness (QED) is 0.401. The number of hydrogen-bond acceptors (Lipinski definition) is 4. The average molecular weight is 375 g/mol. The first-order valence-corrected chi connectivity index (χ1v) is 10.8. The van der Waals surface area contributed by atoms with Crippen LogP contribution in [0.2, 0.25) is 0 Å². The van der Waals surface area contributed by atoms with Gasteiger partial charge in [0.15, 0.2) is 0 Å². The van der Waals surface area contributed by atoms with Crippen LogP contribution in [-0.2, 0) is 13.6 Å². The van der Waals surface area contributed by atoms with Crippen molar-refractivity contribution in [3.63, 3.8) is 0 Å². The van der Waals surface area contributed by atoms with Crippen molar-refractivity contribution in [1.29, 1.82) is 0 Å². The molecule has 2 rings (SSSR count). The summed E-state index contributed by atoms with van der Waals surface area (Å²) in [6, 6.07) is 20.3. The number of unbranched alkanes of at least 4 members (excludes halogenated alkanes) is 2. The molecule has 142 valence electrons. The molecule has 0 aliphatic heterocycles. The van der Waals surface area contributed by atoms with E-state index < -0.39 is 7.60 Å². The van der Waals surface area contributed by atoms with E-state index in [1.165, 1.54) is 14.2 Å². The summed E-state index contributed by atoms with van der Waals surface area (Å²) in [6.45, 7) is 2.16. The van der Waals surface area contributed by atoms with E-state index in [2.05, 4.69) is 36.5 Å². The second-order valence-corrected chi connectivity index (χ2v) is 8.77. The molecule has 0 spiro atoms. The van der Waals surface area contributed by atoms with Crippen LogP contribution in [0.25, 0.3) is 0 Å². The van der Waals surface area contributed by atoms with Gasteiger partial charge in [-0.15, -0.1) is 0 Å². The molecule has 0 bridgehead atoms. The summed E-state index contributed by atoms with van der Waals surface area (Å²) in [6.07, 6.45) is 3.91. The minimum absolute atomic E-state index is 0.0809. The van der Waals surface area contributed by atoms with Crippen molar-refractivity contribution < 1.29 is 13.6 Å². The van der Waals surface area contributed by atoms with E-state index in [0.717, 1.165) is 36.8 Å². The van der Waals surface area contributed by atoms with Crippen molar-refractivity contribution in [3.8, 4) is 0 Å². The zero-order valence-electron chi connectivity index (χ0n) is 15.9. The zero-order valence-corrected chi connectivity index (χ0v) is 16.8. The number of nitrogens with one attached hydrogen (secondary N) is 1. The number of benzene rings is 2. The molecular formula is C21H30NO3P. The maximum Gasteiger partial charge on any atom is 0.346 e. The molecule has 0 aliphatic rings. The van der Waals surface area contributed by atoms with Gasteiger partial charge in [-0.1, -0.05) is 86.8 Å². The third kappa shape index (κ3) is 5.52. The number of rotatable bonds is 11. The van der Waals surface area contributed by atoms with Gasteiger partial charge in [0.2, 0.25) is 0 Å². The minimum atomic E-state index is -3.24. The first-order chi connectivity index (χ1) is 12.6. The van der Waals surface area contributed by atoms with Crippen LogP contribution in [-0.4, -0.2) is 20.0 Å². The maximum absolute atomic E-state index is 13.1. The molecule has 0 fully saturated rings. The predicted octanol–water partition coefficient (Wildman–Crippen LogP) is 5.76. The third-order valence-electron chi connectivity index (χ3n) is 4.60. The first kappa shape index (κ1) is 20.9. The molecule has 2 aromatic rings. The Balaban J connectivity index is 2.34. The standard InChI is InChI=1S/C21H30NO3P/c1-4-5-8-17-20(26(23,24-2)25-3)22-21(18-13-9-6-10-14-18)19-15-11-7-12-16-19/h6-7,9-16,20-22H,4-5,8,17H2,1-3H3/t20-/m0/s1. The van der Waals surface area contributed by atoms with Crippen LogP contribution in [0.4, 0.5) is 0 Å². The monoisotopic (exact) mass is 375 g/mol. The minimum Gasteiger partial charge on any atom is -0.311 e. The lowest BCUT2D eigenvalue weighted by molar-refractivity contribution is 0.253. The Hall–Kier alpha value is -1.45. The first-order valence-electron chi connectivity index (χ1n) is 9.21. The second-order valence-electron chi connectivity index (χ2n) is 6.34. The van der Waals surface area contributed by atoms with Gasteiger partial charge in [0, 0.05) is 14.2 Å². The van der Waals surface area contributed by atoms with Gasteiger partial charge in [-0.2, -0.15) is 0 Å². The molecule has 0 unspecified atom stereocenters. The van der Waals surface area contributed by atoms with E-state index >= 15 is 0 Å². The molecule has 1 atom stereocenters. The molecule has 0 radical (unpaired) electrons. The Morgan fingerprint density at radius 1 is 0.885 bits per heavy atom. The van der Waals surface area contributed by atoms with Gasteiger partial charge in [0.25, 0.3) is 0 Å². The zero-order chi connectivity index (χ0) is 18.8. The highest BCUT2D eigenvalue weighted by Crippen LogP contribution is 2.53. The summed E-state index contributed by atoms with van der Waals surface area (Å²) in [5.74, 6) is -0.366. The Labute approximate surface area is 157 Å². The topological polar surface area (TPSA) is 47.6 Å². The van der Waals surface area contributed by atoms with Gasteiger partial charge in [0.05, 0.1) is 6.04 Å². The van der Waals surface area contributed by atoms with Crippen LogP contribution in [0.1, 0.15) is 49.8 Å². The molecule has 26 heavy (non-hydrogen) atoms. The van der Waals surface area contributed by atoms with Crippen molar-refractivity contribution in [1.82, 2.24) is 5.32 Å². The molecule has 2 aromatic carbocycles. The molecular weight excluding hydrogens is 345 g/mol. The van der Waals surface area contributed by atoms with Gasteiger partial charge < -0.3 is 9.05 Å². The van der Waals surface area contributed by atoms with Crippen LogP contribution in [0.5, 0.6) is 0 Å². The predicted molar refractivity (Wildman–Crippen MR) is 107 cm³/mol. The summed E-state index contributed by atoms with van der Waals surface area (Å²) in [7, 11) is -0.323. The lowest BCUT2D eigenvalue weighted by atomic mass is 9.98. The summed E-state index contributed by atoms with van der Waals surface area (Å²) < 4.78 is 23.8. The smallest absolute Gasteiger partial charge is 0.311 e. The van der Waals surface area contributed by atoms with Crippen molar-refractivity contribution in [2.75, 3.05) is 14.2 Å². The Bertz CT molecular complexity index is 631. The normalized spacial score (nSPS) is 13.1. The molecule has 4 nitrogen and oxygen atoms in total. The van der Waals surface area contributed by atoms with Crippen molar-refractivity contribution >= 4 is 7.60 Å². The molecule has 0 aromatic heterocycles. The molecule has 5 heteroatoms. The van der Waals surface area contributed by atoms with Gasteiger partial charge in [0.1, 0.15) is 5.78 Å². The Kier molecular flexibility index (Phi) is 8.53. The van der Waals surface area contributed by atoms with Crippen molar-refractivity contribution in [2.24, 2.45) is 0 Å². The highest BCUT2D eigenvalue weighted by atomic mass is 31.2. The van der Waals surface area contributed by atoms with Crippen LogP contribution in [0.3, 0.4) is 0 Å². The average Bonchev–Trinajstić information content (AvgIpc) is 2.71. The van der Waals surface area contributed by atoms with E-state index in [-0.39, 0.29) is 11.8 Å². The fourth-order valence-corrected chi connectivity index (χ4v) is 4.61. The van der Waals surface area contributed by atoms with Crippen LogP contribution in [0.15, 0.2) is 60.7 Å². The molecule has 0 heterocycles. The lowest BCUT2D eigenvalue weighted by Crippen LogP contribution is -2.34. The van der Waals surface area contributed by atoms with E-state index in [1.54, 1.807) is 0 Å². The van der Waals surface area contributed by atoms with Crippen molar-refractivity contribution in [3.05, 3.63) is 71.8 Å².